The van der Waals surface area contributed by atoms with Crippen molar-refractivity contribution in [1.82, 2.24) is 44.4 Å². The standard InChI is InChI=1S/C48H55N11O7/c1-28-37-27-50-47(53-42(37)58(33-5-3-4-6-33)46(65)41(28)29(2)60)51-39-11-8-34(26-49-39)55-21-23-57(24-22-55)48(66)56-19-15-32(16-20-56)54-17-13-30(14-18-54)31-7-9-35-36(25-31)45(64)59(44(35)63)38-10-12-40(61)52-43(38)62/h7-9,11,25-27,30,32-33,38H,3-6,10,12-24H2,1-2H3,(H,52,61,62)(H,49,50,51,53). The molecule has 1 unspecified atom stereocenters. The van der Waals surface area contributed by atoms with Crippen LogP contribution < -0.4 is 21.1 Å². The molecule has 18 nitrogen and oxygen atoms in total. The number of rotatable bonds is 8. The molecule has 1 aromatic carbocycles. The summed E-state index contributed by atoms with van der Waals surface area (Å²) in [7, 11) is 0. The largest absolute Gasteiger partial charge is 0.367 e. The third kappa shape index (κ3) is 7.98. The molecule has 10 rings (SSSR count). The van der Waals surface area contributed by atoms with Crippen molar-refractivity contribution in [2.75, 3.05) is 62.6 Å². The van der Waals surface area contributed by atoms with Crippen LogP contribution in [0.25, 0.3) is 11.0 Å². The summed E-state index contributed by atoms with van der Waals surface area (Å²) in [6.07, 6.45) is 11.2. The quantitative estimate of drug-likeness (QED) is 0.185. The van der Waals surface area contributed by atoms with E-state index in [1.54, 1.807) is 30.0 Å². The number of aryl methyl sites for hydroxylation is 1. The summed E-state index contributed by atoms with van der Waals surface area (Å²) in [6, 6.07) is 8.83. The number of hydrogen-bond acceptors (Lipinski definition) is 13. The Labute approximate surface area is 381 Å². The normalized spacial score (nSPS) is 21.5. The fourth-order valence-corrected chi connectivity index (χ4v) is 11.2. The van der Waals surface area contributed by atoms with E-state index in [4.69, 9.17) is 4.98 Å². The number of anilines is 3. The Bertz CT molecular complexity index is 2690. The molecule has 0 spiro atoms. The highest BCUT2D eigenvalue weighted by atomic mass is 16.2. The van der Waals surface area contributed by atoms with Crippen molar-refractivity contribution < 1.29 is 28.8 Å². The third-order valence-electron chi connectivity index (χ3n) is 14.9. The second-order valence-electron chi connectivity index (χ2n) is 18.7. The minimum Gasteiger partial charge on any atom is -0.367 e. The average Bonchev–Trinajstić information content (AvgIpc) is 3.95. The molecule has 5 fully saturated rings. The Hall–Kier alpha value is -6.56. The number of pyridine rings is 2. The molecule has 6 aliphatic rings. The van der Waals surface area contributed by atoms with Crippen molar-refractivity contribution in [3.63, 3.8) is 0 Å². The number of carbonyl (C=O) groups is 6. The van der Waals surface area contributed by atoms with Gasteiger partial charge in [0.05, 0.1) is 28.6 Å². The number of carbonyl (C=O) groups excluding carboxylic acids is 6. The molecular weight excluding hydrogens is 843 g/mol. The number of likely N-dealkylation sites (tertiary alicyclic amines) is 2. The minimum absolute atomic E-state index is 0.00908. The maximum atomic E-state index is 13.7. The van der Waals surface area contributed by atoms with E-state index < -0.39 is 29.7 Å². The summed E-state index contributed by atoms with van der Waals surface area (Å²) in [5.41, 5.74) is 3.64. The van der Waals surface area contributed by atoms with Crippen LogP contribution in [-0.2, 0) is 9.59 Å². The molecule has 66 heavy (non-hydrogen) atoms. The molecule has 3 aromatic heterocycles. The maximum Gasteiger partial charge on any atom is 0.320 e. The molecule has 344 valence electrons. The molecule has 0 radical (unpaired) electrons. The topological polar surface area (TPSA) is 203 Å². The van der Waals surface area contributed by atoms with Gasteiger partial charge in [0.2, 0.25) is 17.8 Å². The molecule has 2 N–H and O–H groups in total. The van der Waals surface area contributed by atoms with Gasteiger partial charge < -0.3 is 24.9 Å². The van der Waals surface area contributed by atoms with E-state index in [-0.39, 0.29) is 47.7 Å². The molecule has 1 saturated carbocycles. The van der Waals surface area contributed by atoms with Gasteiger partial charge in [0.1, 0.15) is 17.5 Å². The van der Waals surface area contributed by atoms with Crippen LogP contribution in [0.3, 0.4) is 0 Å². The molecule has 1 atom stereocenters. The summed E-state index contributed by atoms with van der Waals surface area (Å²) >= 11 is 0. The van der Waals surface area contributed by atoms with Crippen molar-refractivity contribution in [3.05, 3.63) is 80.9 Å². The first-order chi connectivity index (χ1) is 31.9. The van der Waals surface area contributed by atoms with Crippen molar-refractivity contribution in [2.45, 2.75) is 102 Å². The van der Waals surface area contributed by atoms with Crippen LogP contribution in [0, 0.1) is 6.92 Å². The van der Waals surface area contributed by atoms with Crippen molar-refractivity contribution in [2.24, 2.45) is 0 Å². The average molecular weight is 898 g/mol. The fraction of sp³-hybridized carbons (Fsp3) is 0.500. The minimum atomic E-state index is -0.978. The van der Waals surface area contributed by atoms with Crippen LogP contribution in [0.5, 0.6) is 0 Å². The zero-order valence-electron chi connectivity index (χ0n) is 37.5. The molecule has 18 heteroatoms. The second-order valence-corrected chi connectivity index (χ2v) is 18.7. The van der Waals surface area contributed by atoms with E-state index in [0.717, 1.165) is 80.6 Å². The van der Waals surface area contributed by atoms with Gasteiger partial charge in [-0.15, -0.1) is 0 Å². The van der Waals surface area contributed by atoms with Gasteiger partial charge in [-0.1, -0.05) is 18.9 Å². The molecule has 6 amide bonds. The van der Waals surface area contributed by atoms with Gasteiger partial charge in [0.25, 0.3) is 17.4 Å². The van der Waals surface area contributed by atoms with Gasteiger partial charge in [-0.25, -0.2) is 14.8 Å². The van der Waals surface area contributed by atoms with E-state index in [1.807, 2.05) is 34.1 Å². The number of aromatic nitrogens is 4. The lowest BCUT2D eigenvalue weighted by atomic mass is 9.86. The van der Waals surface area contributed by atoms with Crippen LogP contribution in [0.15, 0.2) is 47.5 Å². The molecule has 5 aliphatic heterocycles. The predicted molar refractivity (Wildman–Crippen MR) is 244 cm³/mol. The third-order valence-corrected chi connectivity index (χ3v) is 14.9. The first-order valence-corrected chi connectivity index (χ1v) is 23.5. The molecule has 1 aliphatic carbocycles. The summed E-state index contributed by atoms with van der Waals surface area (Å²) in [6.45, 7) is 9.06. The number of nitrogens with zero attached hydrogens (tertiary/aromatic N) is 9. The number of nitrogens with one attached hydrogen (secondary N) is 2. The van der Waals surface area contributed by atoms with Gasteiger partial charge in [-0.05, 0) is 113 Å². The lowest BCUT2D eigenvalue weighted by Gasteiger charge is -2.44. The van der Waals surface area contributed by atoms with Gasteiger partial charge in [-0.2, -0.15) is 4.98 Å². The maximum absolute atomic E-state index is 13.7. The van der Waals surface area contributed by atoms with E-state index in [1.165, 1.54) is 6.92 Å². The van der Waals surface area contributed by atoms with Crippen LogP contribution in [0.1, 0.15) is 125 Å². The summed E-state index contributed by atoms with van der Waals surface area (Å²) in [5.74, 6) is -1.10. The number of imide groups is 2. The SMILES string of the molecule is CC(=O)c1c(C)c2cnc(Nc3ccc(N4CCN(C(=O)N5CCC(N6CCC(c7ccc8c(c7)C(=O)N(C7CCC(=O)NC7=O)C8=O)CC6)CC5)CC4)cn3)nc2n(C2CCCC2)c1=O. The van der Waals surface area contributed by atoms with Crippen molar-refractivity contribution >= 4 is 63.9 Å². The van der Waals surface area contributed by atoms with Gasteiger partial charge in [0, 0.05) is 69.4 Å². The zero-order chi connectivity index (χ0) is 45.8. The zero-order valence-corrected chi connectivity index (χ0v) is 37.5. The second kappa shape index (κ2) is 17.7. The summed E-state index contributed by atoms with van der Waals surface area (Å²) in [5, 5.41) is 6.14. The Kier molecular flexibility index (Phi) is 11.6. The fourth-order valence-electron chi connectivity index (χ4n) is 11.2. The summed E-state index contributed by atoms with van der Waals surface area (Å²) in [4.78, 5) is 114. The first-order valence-electron chi connectivity index (χ1n) is 23.5. The highest BCUT2D eigenvalue weighted by molar-refractivity contribution is 6.23. The Balaban J connectivity index is 0.689. The van der Waals surface area contributed by atoms with Gasteiger partial charge in [0.15, 0.2) is 5.78 Å². The van der Waals surface area contributed by atoms with Crippen molar-refractivity contribution in [3.8, 4) is 0 Å². The number of urea groups is 1. The van der Waals surface area contributed by atoms with Crippen LogP contribution in [0.2, 0.25) is 0 Å². The van der Waals surface area contributed by atoms with Crippen LogP contribution in [-0.4, -0.2) is 139 Å². The highest BCUT2D eigenvalue weighted by Crippen LogP contribution is 2.36. The van der Waals surface area contributed by atoms with Crippen molar-refractivity contribution in [1.29, 1.82) is 0 Å². The first kappa shape index (κ1) is 43.3. The van der Waals surface area contributed by atoms with E-state index >= 15 is 0 Å². The molecule has 4 aromatic rings. The Morgan fingerprint density at radius 3 is 2.14 bits per heavy atom. The number of amides is 6. The number of fused-ring (bicyclic) bond motifs is 2. The van der Waals surface area contributed by atoms with E-state index in [0.29, 0.717) is 84.8 Å². The number of Topliss-reactive ketones (excluding diaryl/α,β-unsaturated/α-hetero) is 1. The predicted octanol–water partition coefficient (Wildman–Crippen LogP) is 4.54. The monoisotopic (exact) mass is 897 g/mol. The van der Waals surface area contributed by atoms with Crippen LogP contribution in [0.4, 0.5) is 22.2 Å². The molecule has 0 bridgehead atoms. The number of benzene rings is 1. The van der Waals surface area contributed by atoms with E-state index in [9.17, 15) is 33.6 Å². The number of hydrogen-bond donors (Lipinski definition) is 2. The van der Waals surface area contributed by atoms with E-state index in [2.05, 4.69) is 30.4 Å². The smallest absolute Gasteiger partial charge is 0.320 e. The molecule has 4 saturated heterocycles. The van der Waals surface area contributed by atoms with Crippen LogP contribution >= 0.6 is 0 Å². The Morgan fingerprint density at radius 1 is 0.742 bits per heavy atom. The summed E-state index contributed by atoms with van der Waals surface area (Å²) < 4.78 is 1.70. The number of piperidine rings is 3. The lowest BCUT2D eigenvalue weighted by Crippen LogP contribution is -2.55. The number of piperazine rings is 1. The Morgan fingerprint density at radius 2 is 1.45 bits per heavy atom. The highest BCUT2D eigenvalue weighted by Gasteiger charge is 2.45. The number of ketones is 1. The van der Waals surface area contributed by atoms with Gasteiger partial charge >= 0.3 is 6.03 Å². The molecule has 8 heterocycles. The molecular formula is C48H55N11O7. The lowest BCUT2D eigenvalue weighted by molar-refractivity contribution is -0.136. The van der Waals surface area contributed by atoms with Gasteiger partial charge in [-0.3, -0.25) is 43.6 Å².